The lowest BCUT2D eigenvalue weighted by molar-refractivity contribution is 0.756. The van der Waals surface area contributed by atoms with Gasteiger partial charge in [-0.1, -0.05) is 24.1 Å². The summed E-state index contributed by atoms with van der Waals surface area (Å²) in [5, 5.41) is 5.59. The van der Waals surface area contributed by atoms with Crippen LogP contribution in [0.1, 0.15) is 18.5 Å². The number of hydrogen-bond acceptors (Lipinski definition) is 1. The summed E-state index contributed by atoms with van der Waals surface area (Å²) in [6.45, 7) is 1.99. The molecule has 1 atom stereocenters. The lowest BCUT2D eigenvalue weighted by Crippen LogP contribution is -1.94. The largest absolute Gasteiger partial charge is 0.268 e. The minimum atomic E-state index is 0.0705. The summed E-state index contributed by atoms with van der Waals surface area (Å²) in [5.41, 5.74) is 2.12. The van der Waals surface area contributed by atoms with Crippen molar-refractivity contribution in [2.24, 2.45) is 7.05 Å². The molecule has 0 aliphatic carbocycles. The molecule has 0 N–H and O–H groups in total. The van der Waals surface area contributed by atoms with Crippen LogP contribution >= 0.6 is 0 Å². The minimum absolute atomic E-state index is 0.0705. The van der Waals surface area contributed by atoms with Gasteiger partial charge in [-0.3, -0.25) is 4.68 Å². The Morgan fingerprint density at radius 1 is 1.43 bits per heavy atom. The van der Waals surface area contributed by atoms with Crippen molar-refractivity contribution in [1.82, 2.24) is 9.78 Å². The van der Waals surface area contributed by atoms with Gasteiger partial charge < -0.3 is 0 Å². The molecule has 1 aromatic carbocycles. The Kier molecular flexibility index (Phi) is 2.01. The molecule has 2 nitrogen and oxygen atoms in total. The van der Waals surface area contributed by atoms with E-state index in [0.29, 0.717) is 0 Å². The van der Waals surface area contributed by atoms with Gasteiger partial charge in [0, 0.05) is 12.4 Å². The van der Waals surface area contributed by atoms with Gasteiger partial charge >= 0.3 is 0 Å². The van der Waals surface area contributed by atoms with Crippen LogP contribution in [0, 0.1) is 12.3 Å². The fraction of sp³-hybridized carbons (Fsp3) is 0.250. The van der Waals surface area contributed by atoms with Gasteiger partial charge in [-0.2, -0.15) is 5.10 Å². The van der Waals surface area contributed by atoms with Crippen molar-refractivity contribution in [3.63, 3.8) is 0 Å². The minimum Gasteiger partial charge on any atom is -0.268 e. The topological polar surface area (TPSA) is 17.8 Å². The van der Waals surface area contributed by atoms with Crippen molar-refractivity contribution in [2.75, 3.05) is 0 Å². The lowest BCUT2D eigenvalue weighted by atomic mass is 10.1. The SMILES string of the molecule is C#CC(C)c1nn(C)c2ccccc12. The van der Waals surface area contributed by atoms with Gasteiger partial charge in [0.2, 0.25) is 0 Å². The number of hydrogen-bond donors (Lipinski definition) is 0. The standard InChI is InChI=1S/C12H12N2/c1-4-9(2)12-10-7-5-6-8-11(10)14(3)13-12/h1,5-9H,2-3H3. The van der Waals surface area contributed by atoms with Gasteiger partial charge in [0.15, 0.2) is 0 Å². The highest BCUT2D eigenvalue weighted by atomic mass is 15.3. The van der Waals surface area contributed by atoms with Crippen LogP contribution in [0.15, 0.2) is 24.3 Å². The molecule has 0 amide bonds. The third-order valence-electron chi connectivity index (χ3n) is 2.45. The average molecular weight is 184 g/mol. The molecular weight excluding hydrogens is 172 g/mol. The highest BCUT2D eigenvalue weighted by Gasteiger charge is 2.11. The predicted molar refractivity (Wildman–Crippen MR) is 58.0 cm³/mol. The second-order valence-corrected chi connectivity index (χ2v) is 3.41. The van der Waals surface area contributed by atoms with Crippen LogP contribution in [0.3, 0.4) is 0 Å². The van der Waals surface area contributed by atoms with E-state index < -0.39 is 0 Å². The highest BCUT2D eigenvalue weighted by Crippen LogP contribution is 2.23. The van der Waals surface area contributed by atoms with Crippen molar-refractivity contribution in [3.8, 4) is 12.3 Å². The quantitative estimate of drug-likeness (QED) is 0.622. The fourth-order valence-electron chi connectivity index (χ4n) is 1.64. The van der Waals surface area contributed by atoms with Crippen LogP contribution in [0.5, 0.6) is 0 Å². The molecule has 0 fully saturated rings. The van der Waals surface area contributed by atoms with Crippen LogP contribution in [-0.4, -0.2) is 9.78 Å². The second kappa shape index (κ2) is 3.19. The van der Waals surface area contributed by atoms with E-state index in [1.807, 2.05) is 30.8 Å². The molecule has 2 heteroatoms. The Hall–Kier alpha value is -1.75. The molecule has 2 rings (SSSR count). The number of benzene rings is 1. The number of nitrogens with zero attached hydrogens (tertiary/aromatic N) is 2. The molecule has 0 radical (unpaired) electrons. The smallest absolute Gasteiger partial charge is 0.0850 e. The summed E-state index contributed by atoms with van der Waals surface area (Å²) in [4.78, 5) is 0. The monoisotopic (exact) mass is 184 g/mol. The number of terminal acetylenes is 1. The molecule has 14 heavy (non-hydrogen) atoms. The van der Waals surface area contributed by atoms with E-state index >= 15 is 0 Å². The Balaban J connectivity index is 2.74. The third-order valence-corrected chi connectivity index (χ3v) is 2.45. The van der Waals surface area contributed by atoms with Crippen molar-refractivity contribution in [2.45, 2.75) is 12.8 Å². The zero-order valence-electron chi connectivity index (χ0n) is 8.36. The first-order valence-electron chi connectivity index (χ1n) is 4.62. The zero-order chi connectivity index (χ0) is 10.1. The van der Waals surface area contributed by atoms with E-state index in [9.17, 15) is 0 Å². The van der Waals surface area contributed by atoms with Crippen molar-refractivity contribution >= 4 is 10.9 Å². The summed E-state index contributed by atoms with van der Waals surface area (Å²) < 4.78 is 1.87. The molecule has 0 saturated carbocycles. The molecule has 2 aromatic rings. The zero-order valence-corrected chi connectivity index (χ0v) is 8.36. The van der Waals surface area contributed by atoms with Gasteiger partial charge in [-0.05, 0) is 13.0 Å². The molecule has 1 aromatic heterocycles. The molecular formula is C12H12N2. The summed E-state index contributed by atoms with van der Waals surface area (Å²) in [6.07, 6.45) is 5.41. The molecule has 70 valence electrons. The van der Waals surface area contributed by atoms with E-state index in [-0.39, 0.29) is 5.92 Å². The highest BCUT2D eigenvalue weighted by molar-refractivity contribution is 5.82. The Bertz CT molecular complexity index is 503. The van der Waals surface area contributed by atoms with Crippen LogP contribution < -0.4 is 0 Å². The summed E-state index contributed by atoms with van der Waals surface area (Å²) in [6, 6.07) is 8.13. The maximum atomic E-state index is 5.41. The molecule has 0 aliphatic rings. The lowest BCUT2D eigenvalue weighted by Gasteiger charge is -1.98. The summed E-state index contributed by atoms with van der Waals surface area (Å²) in [7, 11) is 1.94. The van der Waals surface area contributed by atoms with Gasteiger partial charge in [0.1, 0.15) is 0 Å². The van der Waals surface area contributed by atoms with Gasteiger partial charge in [0.05, 0.1) is 17.1 Å². The average Bonchev–Trinajstić information content (AvgIpc) is 2.56. The van der Waals surface area contributed by atoms with Crippen molar-refractivity contribution in [3.05, 3.63) is 30.0 Å². The number of fused-ring (bicyclic) bond motifs is 1. The molecule has 1 heterocycles. The summed E-state index contributed by atoms with van der Waals surface area (Å²) >= 11 is 0. The first-order chi connectivity index (χ1) is 6.74. The van der Waals surface area contributed by atoms with E-state index in [0.717, 1.165) is 16.6 Å². The van der Waals surface area contributed by atoms with Crippen LogP contribution in [0.25, 0.3) is 10.9 Å². The molecule has 0 saturated heterocycles. The predicted octanol–water partition coefficient (Wildman–Crippen LogP) is 2.31. The molecule has 0 spiro atoms. The number of aromatic nitrogens is 2. The van der Waals surface area contributed by atoms with Crippen LogP contribution in [0.2, 0.25) is 0 Å². The van der Waals surface area contributed by atoms with E-state index in [4.69, 9.17) is 6.42 Å². The first kappa shape index (κ1) is 8.83. The number of rotatable bonds is 1. The van der Waals surface area contributed by atoms with Crippen molar-refractivity contribution < 1.29 is 0 Å². The summed E-state index contributed by atoms with van der Waals surface area (Å²) in [5.74, 6) is 2.78. The van der Waals surface area contributed by atoms with E-state index in [2.05, 4.69) is 23.2 Å². The maximum absolute atomic E-state index is 5.41. The Morgan fingerprint density at radius 3 is 2.86 bits per heavy atom. The van der Waals surface area contributed by atoms with E-state index in [1.54, 1.807) is 0 Å². The van der Waals surface area contributed by atoms with Crippen molar-refractivity contribution in [1.29, 1.82) is 0 Å². The van der Waals surface area contributed by atoms with Gasteiger partial charge in [0.25, 0.3) is 0 Å². The van der Waals surface area contributed by atoms with E-state index in [1.165, 1.54) is 0 Å². The second-order valence-electron chi connectivity index (χ2n) is 3.41. The molecule has 1 unspecified atom stereocenters. The number of aryl methyl sites for hydroxylation is 1. The molecule has 0 aliphatic heterocycles. The Morgan fingerprint density at radius 2 is 2.14 bits per heavy atom. The number of para-hydroxylation sites is 1. The first-order valence-corrected chi connectivity index (χ1v) is 4.62. The fourth-order valence-corrected chi connectivity index (χ4v) is 1.64. The Labute approximate surface area is 83.5 Å². The van der Waals surface area contributed by atoms with Gasteiger partial charge in [-0.25, -0.2) is 0 Å². The normalized spacial score (nSPS) is 12.6. The van der Waals surface area contributed by atoms with Crippen LogP contribution in [-0.2, 0) is 7.05 Å². The third kappa shape index (κ3) is 1.18. The molecule has 0 bridgehead atoms. The van der Waals surface area contributed by atoms with Crippen LogP contribution in [0.4, 0.5) is 0 Å². The van der Waals surface area contributed by atoms with Gasteiger partial charge in [-0.15, -0.1) is 6.42 Å². The maximum Gasteiger partial charge on any atom is 0.0850 e.